The highest BCUT2D eigenvalue weighted by Gasteiger charge is 2.06. The molecule has 0 aliphatic rings. The van der Waals surface area contributed by atoms with Gasteiger partial charge in [-0.3, -0.25) is 4.79 Å². The largest absolute Gasteiger partial charge is 0.469 e. The Morgan fingerprint density at radius 1 is 1.56 bits per heavy atom. The number of aliphatic hydroxyl groups excluding tert-OH is 1. The molecule has 0 spiro atoms. The normalized spacial score (nSPS) is 10.4. The minimum absolute atomic E-state index is 0.0976. The van der Waals surface area contributed by atoms with Gasteiger partial charge in [-0.1, -0.05) is 0 Å². The number of hydrogen-bond acceptors (Lipinski definition) is 4. The summed E-state index contributed by atoms with van der Waals surface area (Å²) >= 11 is 1.72. The van der Waals surface area contributed by atoms with Gasteiger partial charge in [0.05, 0.1) is 5.56 Å². The third-order valence-corrected chi connectivity index (χ3v) is 3.04. The van der Waals surface area contributed by atoms with Crippen molar-refractivity contribution in [3.05, 3.63) is 23.7 Å². The van der Waals surface area contributed by atoms with Crippen LogP contribution in [0, 0.1) is 6.92 Å². The summed E-state index contributed by atoms with van der Waals surface area (Å²) < 4.78 is 5.05. The average molecular weight is 243 g/mol. The van der Waals surface area contributed by atoms with Crippen LogP contribution in [0.4, 0.5) is 0 Å². The maximum Gasteiger partial charge on any atom is 0.254 e. The molecule has 16 heavy (non-hydrogen) atoms. The quantitative estimate of drug-likeness (QED) is 0.711. The predicted molar refractivity (Wildman–Crippen MR) is 64.8 cm³/mol. The summed E-state index contributed by atoms with van der Waals surface area (Å²) in [5, 5.41) is 11.4. The number of aryl methyl sites for hydroxylation is 1. The van der Waals surface area contributed by atoms with Gasteiger partial charge in [-0.05, 0) is 25.2 Å². The van der Waals surface area contributed by atoms with Gasteiger partial charge in [0.2, 0.25) is 0 Å². The van der Waals surface area contributed by atoms with Crippen LogP contribution < -0.4 is 5.32 Å². The van der Waals surface area contributed by atoms with Gasteiger partial charge in [-0.25, -0.2) is 0 Å². The monoisotopic (exact) mass is 243 g/mol. The number of thioether (sulfide) groups is 1. The lowest BCUT2D eigenvalue weighted by Gasteiger charge is -2.02. The molecule has 0 radical (unpaired) electrons. The van der Waals surface area contributed by atoms with Crippen molar-refractivity contribution < 1.29 is 14.3 Å². The molecule has 2 N–H and O–H groups in total. The molecule has 1 amide bonds. The molecular weight excluding hydrogens is 226 g/mol. The van der Waals surface area contributed by atoms with Crippen molar-refractivity contribution in [2.75, 3.05) is 24.7 Å². The molecule has 0 fully saturated rings. The molecule has 0 aliphatic carbocycles. The number of carbonyl (C=O) groups is 1. The van der Waals surface area contributed by atoms with Crippen LogP contribution in [0.3, 0.4) is 0 Å². The third kappa shape index (κ3) is 4.72. The summed E-state index contributed by atoms with van der Waals surface area (Å²) in [7, 11) is 0. The van der Waals surface area contributed by atoms with Gasteiger partial charge in [0, 0.05) is 18.9 Å². The number of amides is 1. The zero-order chi connectivity index (χ0) is 11.8. The van der Waals surface area contributed by atoms with Crippen LogP contribution in [0.25, 0.3) is 0 Å². The van der Waals surface area contributed by atoms with E-state index in [-0.39, 0.29) is 12.5 Å². The molecule has 0 aliphatic heterocycles. The van der Waals surface area contributed by atoms with Crippen molar-refractivity contribution in [3.8, 4) is 0 Å². The highest BCUT2D eigenvalue weighted by atomic mass is 32.2. The van der Waals surface area contributed by atoms with Gasteiger partial charge in [0.25, 0.3) is 5.91 Å². The standard InChI is InChI=1S/C11H17NO3S/c1-9-7-10(8-15-9)11(14)12-3-6-16-5-2-4-13/h7-8,13H,2-6H2,1H3,(H,12,14). The average Bonchev–Trinajstić information content (AvgIpc) is 2.70. The fourth-order valence-electron chi connectivity index (χ4n) is 1.17. The lowest BCUT2D eigenvalue weighted by molar-refractivity contribution is 0.0955. The Labute approximate surface area is 99.4 Å². The van der Waals surface area contributed by atoms with E-state index >= 15 is 0 Å². The first kappa shape index (κ1) is 13.1. The smallest absolute Gasteiger partial charge is 0.254 e. The second-order valence-electron chi connectivity index (χ2n) is 3.39. The Kier molecular flexibility index (Phi) is 6.03. The highest BCUT2D eigenvalue weighted by Crippen LogP contribution is 2.06. The van der Waals surface area contributed by atoms with Crippen molar-refractivity contribution in [2.45, 2.75) is 13.3 Å². The van der Waals surface area contributed by atoms with Crippen molar-refractivity contribution in [1.82, 2.24) is 5.32 Å². The Bertz CT molecular complexity index is 325. The topological polar surface area (TPSA) is 62.5 Å². The van der Waals surface area contributed by atoms with E-state index in [1.54, 1.807) is 17.8 Å². The third-order valence-electron chi connectivity index (χ3n) is 1.97. The molecule has 1 heterocycles. The molecule has 0 atom stereocenters. The predicted octanol–water partition coefficient (Wildman–Crippen LogP) is 1.43. The number of hydrogen-bond donors (Lipinski definition) is 2. The van der Waals surface area contributed by atoms with Crippen LogP contribution >= 0.6 is 11.8 Å². The Balaban J connectivity index is 2.11. The van der Waals surface area contributed by atoms with E-state index in [1.807, 2.05) is 6.92 Å². The number of furan rings is 1. The van der Waals surface area contributed by atoms with Gasteiger partial charge in [-0.15, -0.1) is 0 Å². The van der Waals surface area contributed by atoms with Crippen molar-refractivity contribution in [1.29, 1.82) is 0 Å². The molecule has 1 rings (SSSR count). The van der Waals surface area contributed by atoms with Crippen LogP contribution in [-0.2, 0) is 0 Å². The lowest BCUT2D eigenvalue weighted by Crippen LogP contribution is -2.25. The zero-order valence-electron chi connectivity index (χ0n) is 9.36. The second-order valence-corrected chi connectivity index (χ2v) is 4.62. The van der Waals surface area contributed by atoms with Crippen LogP contribution in [0.2, 0.25) is 0 Å². The Morgan fingerprint density at radius 3 is 3.00 bits per heavy atom. The Hall–Kier alpha value is -0.940. The molecule has 0 bridgehead atoms. The molecule has 0 unspecified atom stereocenters. The molecule has 4 nitrogen and oxygen atoms in total. The van der Waals surface area contributed by atoms with Gasteiger partial charge in [-0.2, -0.15) is 11.8 Å². The van der Waals surface area contributed by atoms with E-state index in [4.69, 9.17) is 9.52 Å². The minimum atomic E-state index is -0.0976. The first-order valence-corrected chi connectivity index (χ1v) is 6.41. The maximum atomic E-state index is 11.5. The first-order chi connectivity index (χ1) is 7.74. The molecule has 90 valence electrons. The van der Waals surface area contributed by atoms with E-state index in [1.165, 1.54) is 6.26 Å². The summed E-state index contributed by atoms with van der Waals surface area (Å²) in [6.07, 6.45) is 2.27. The number of nitrogens with one attached hydrogen (secondary N) is 1. The molecular formula is C11H17NO3S. The number of carbonyl (C=O) groups excluding carboxylic acids is 1. The SMILES string of the molecule is Cc1cc(C(=O)NCCSCCCO)co1. The summed E-state index contributed by atoms with van der Waals surface area (Å²) in [5.74, 6) is 2.43. The first-order valence-electron chi connectivity index (χ1n) is 5.26. The fraction of sp³-hybridized carbons (Fsp3) is 0.545. The van der Waals surface area contributed by atoms with Gasteiger partial charge in [0.15, 0.2) is 0 Å². The van der Waals surface area contributed by atoms with Crippen molar-refractivity contribution in [2.24, 2.45) is 0 Å². The van der Waals surface area contributed by atoms with Crippen molar-refractivity contribution >= 4 is 17.7 Å². The molecule has 0 aromatic carbocycles. The Morgan fingerprint density at radius 2 is 2.38 bits per heavy atom. The number of rotatable bonds is 7. The molecule has 0 saturated heterocycles. The van der Waals surface area contributed by atoms with E-state index in [0.29, 0.717) is 12.1 Å². The summed E-state index contributed by atoms with van der Waals surface area (Å²) in [6, 6.07) is 1.72. The van der Waals surface area contributed by atoms with Crippen LogP contribution in [0.5, 0.6) is 0 Å². The fourth-order valence-corrected chi connectivity index (χ4v) is 1.95. The van der Waals surface area contributed by atoms with Gasteiger partial charge in [0.1, 0.15) is 12.0 Å². The van der Waals surface area contributed by atoms with Crippen LogP contribution in [0.15, 0.2) is 16.7 Å². The number of aliphatic hydroxyl groups is 1. The molecule has 1 aromatic rings. The van der Waals surface area contributed by atoms with Crippen molar-refractivity contribution in [3.63, 3.8) is 0 Å². The van der Waals surface area contributed by atoms with Gasteiger partial charge >= 0.3 is 0 Å². The van der Waals surface area contributed by atoms with Gasteiger partial charge < -0.3 is 14.8 Å². The molecule has 0 saturated carbocycles. The van der Waals surface area contributed by atoms with E-state index < -0.39 is 0 Å². The van der Waals surface area contributed by atoms with E-state index in [0.717, 1.165) is 23.7 Å². The summed E-state index contributed by atoms with van der Waals surface area (Å²) in [5.41, 5.74) is 0.567. The zero-order valence-corrected chi connectivity index (χ0v) is 10.2. The van der Waals surface area contributed by atoms with E-state index in [2.05, 4.69) is 5.32 Å². The van der Waals surface area contributed by atoms with Crippen LogP contribution in [0.1, 0.15) is 22.5 Å². The van der Waals surface area contributed by atoms with Crippen LogP contribution in [-0.4, -0.2) is 35.7 Å². The highest BCUT2D eigenvalue weighted by molar-refractivity contribution is 7.99. The molecule has 1 aromatic heterocycles. The maximum absolute atomic E-state index is 11.5. The summed E-state index contributed by atoms with van der Waals surface area (Å²) in [6.45, 7) is 2.67. The molecule has 5 heteroatoms. The van der Waals surface area contributed by atoms with E-state index in [9.17, 15) is 4.79 Å². The summed E-state index contributed by atoms with van der Waals surface area (Å²) in [4.78, 5) is 11.5. The lowest BCUT2D eigenvalue weighted by atomic mass is 10.3. The minimum Gasteiger partial charge on any atom is -0.469 e. The second kappa shape index (κ2) is 7.35.